The molecule has 1 heterocycles. The SMILES string of the molecule is Cc1cc2c(cc1Cl)C(=O)CC([B-](F)(F)F)O2. The molecule has 1 aromatic rings. The maximum atomic E-state index is 12.5. The Hall–Kier alpha value is -1.17. The molecule has 2 nitrogen and oxygen atoms in total. The number of ketones is 1. The second-order valence-corrected chi connectivity index (χ2v) is 4.41. The average molecular weight is 263 g/mol. The van der Waals surface area contributed by atoms with E-state index in [0.717, 1.165) is 0 Å². The number of hydrogen-bond acceptors (Lipinski definition) is 2. The van der Waals surface area contributed by atoms with E-state index < -0.39 is 25.2 Å². The van der Waals surface area contributed by atoms with E-state index in [2.05, 4.69) is 0 Å². The van der Waals surface area contributed by atoms with Crippen LogP contribution in [0.1, 0.15) is 22.3 Å². The van der Waals surface area contributed by atoms with Gasteiger partial charge in [0.15, 0.2) is 5.78 Å². The number of Topliss-reactive ketones (excluding diaryl/α,β-unsaturated/α-hetero) is 1. The van der Waals surface area contributed by atoms with E-state index >= 15 is 0 Å². The molecule has 1 aliphatic heterocycles. The van der Waals surface area contributed by atoms with Crippen LogP contribution in [-0.4, -0.2) is 18.8 Å². The van der Waals surface area contributed by atoms with Crippen molar-refractivity contribution in [1.29, 1.82) is 0 Å². The Morgan fingerprint density at radius 3 is 2.65 bits per heavy atom. The molecule has 0 saturated carbocycles. The molecule has 0 fully saturated rings. The smallest absolute Gasteiger partial charge is 0.517 e. The van der Waals surface area contributed by atoms with Crippen molar-refractivity contribution >= 4 is 24.4 Å². The molecule has 0 radical (unpaired) electrons. The molecule has 0 aliphatic carbocycles. The summed E-state index contributed by atoms with van der Waals surface area (Å²) in [5.41, 5.74) is 0.699. The molecular weight excluding hydrogens is 255 g/mol. The minimum Gasteiger partial charge on any atom is -0.517 e. The number of benzene rings is 1. The third kappa shape index (κ3) is 2.27. The number of fused-ring (bicyclic) bond motifs is 1. The Kier molecular flexibility index (Phi) is 2.85. The predicted octanol–water partition coefficient (Wildman–Crippen LogP) is 3.37. The van der Waals surface area contributed by atoms with Gasteiger partial charge in [-0.25, -0.2) is 0 Å². The zero-order chi connectivity index (χ0) is 12.8. The summed E-state index contributed by atoms with van der Waals surface area (Å²) in [6.07, 6.45) is -0.671. The van der Waals surface area contributed by atoms with Gasteiger partial charge >= 0.3 is 6.98 Å². The van der Waals surface area contributed by atoms with Gasteiger partial charge in [-0.2, -0.15) is 0 Å². The Bertz CT molecular complexity index is 487. The molecule has 17 heavy (non-hydrogen) atoms. The van der Waals surface area contributed by atoms with Crippen molar-refractivity contribution in [3.8, 4) is 5.75 Å². The number of carbonyl (C=O) groups is 1. The van der Waals surface area contributed by atoms with Crippen LogP contribution in [0, 0.1) is 6.92 Å². The van der Waals surface area contributed by atoms with Crippen molar-refractivity contribution in [2.75, 3.05) is 0 Å². The van der Waals surface area contributed by atoms with Gasteiger partial charge in [0, 0.05) is 11.4 Å². The molecule has 1 atom stereocenters. The Morgan fingerprint density at radius 1 is 1.41 bits per heavy atom. The van der Waals surface area contributed by atoms with Crippen LogP contribution in [0.25, 0.3) is 0 Å². The lowest BCUT2D eigenvalue weighted by Gasteiger charge is -2.32. The summed E-state index contributed by atoms with van der Waals surface area (Å²) in [4.78, 5) is 11.6. The van der Waals surface area contributed by atoms with Crippen molar-refractivity contribution < 1.29 is 22.5 Å². The van der Waals surface area contributed by atoms with Gasteiger partial charge < -0.3 is 17.7 Å². The van der Waals surface area contributed by atoms with Gasteiger partial charge in [0.1, 0.15) is 5.75 Å². The maximum Gasteiger partial charge on any atom is 0.518 e. The second-order valence-electron chi connectivity index (χ2n) is 4.01. The van der Waals surface area contributed by atoms with Crippen LogP contribution < -0.4 is 4.74 Å². The summed E-state index contributed by atoms with van der Waals surface area (Å²) >= 11 is 5.81. The molecule has 0 N–H and O–H groups in total. The average Bonchev–Trinajstić information content (AvgIpc) is 2.19. The molecule has 0 amide bonds. The zero-order valence-corrected chi connectivity index (χ0v) is 9.60. The number of halogens is 4. The molecule has 0 bridgehead atoms. The highest BCUT2D eigenvalue weighted by Gasteiger charge is 2.42. The molecular formula is C10H8BClF3O2-. The normalized spacial score (nSPS) is 19.8. The molecule has 1 aliphatic rings. The van der Waals surface area contributed by atoms with E-state index in [0.29, 0.717) is 10.6 Å². The minimum atomic E-state index is -5.19. The van der Waals surface area contributed by atoms with Crippen LogP contribution in [0.15, 0.2) is 12.1 Å². The van der Waals surface area contributed by atoms with E-state index in [1.54, 1.807) is 6.92 Å². The maximum absolute atomic E-state index is 12.5. The lowest BCUT2D eigenvalue weighted by molar-refractivity contribution is 0.0879. The van der Waals surface area contributed by atoms with Gasteiger partial charge in [0.2, 0.25) is 0 Å². The highest BCUT2D eigenvalue weighted by molar-refractivity contribution is 6.60. The lowest BCUT2D eigenvalue weighted by Crippen LogP contribution is -2.43. The van der Waals surface area contributed by atoms with E-state index in [1.807, 2.05) is 0 Å². The molecule has 0 saturated heterocycles. The van der Waals surface area contributed by atoms with Crippen LogP contribution in [-0.2, 0) is 0 Å². The van der Waals surface area contributed by atoms with Crippen LogP contribution in [0.3, 0.4) is 0 Å². The first-order valence-electron chi connectivity index (χ1n) is 4.99. The third-order valence-corrected chi connectivity index (χ3v) is 3.05. The highest BCUT2D eigenvalue weighted by Crippen LogP contribution is 2.35. The molecule has 2 rings (SSSR count). The van der Waals surface area contributed by atoms with Crippen LogP contribution in [0.2, 0.25) is 5.02 Å². The van der Waals surface area contributed by atoms with Crippen LogP contribution in [0.5, 0.6) is 5.75 Å². The summed E-state index contributed by atoms with van der Waals surface area (Å²) in [5.74, 6) is -0.621. The zero-order valence-electron chi connectivity index (χ0n) is 8.84. The van der Waals surface area contributed by atoms with Crippen LogP contribution in [0.4, 0.5) is 12.9 Å². The van der Waals surface area contributed by atoms with Crippen molar-refractivity contribution in [3.05, 3.63) is 28.3 Å². The Morgan fingerprint density at radius 2 is 2.06 bits per heavy atom. The van der Waals surface area contributed by atoms with Gasteiger partial charge in [0.25, 0.3) is 0 Å². The van der Waals surface area contributed by atoms with Crippen molar-refractivity contribution in [3.63, 3.8) is 0 Å². The fourth-order valence-corrected chi connectivity index (χ4v) is 1.84. The van der Waals surface area contributed by atoms with E-state index in [-0.39, 0.29) is 11.3 Å². The molecule has 1 unspecified atom stereocenters. The number of ether oxygens (including phenoxy) is 1. The Labute approximate surface area is 101 Å². The number of carbonyl (C=O) groups excluding carboxylic acids is 1. The van der Waals surface area contributed by atoms with Gasteiger partial charge in [-0.1, -0.05) is 11.6 Å². The molecule has 92 valence electrons. The molecule has 0 spiro atoms. The summed E-state index contributed by atoms with van der Waals surface area (Å²) < 4.78 is 42.5. The van der Waals surface area contributed by atoms with Gasteiger partial charge in [-0.3, -0.25) is 4.79 Å². The number of rotatable bonds is 1. The number of hydrogen-bond donors (Lipinski definition) is 0. The first-order valence-corrected chi connectivity index (χ1v) is 5.37. The van der Waals surface area contributed by atoms with Crippen molar-refractivity contribution in [2.45, 2.75) is 19.3 Å². The largest absolute Gasteiger partial charge is 0.518 e. The van der Waals surface area contributed by atoms with E-state index in [1.165, 1.54) is 12.1 Å². The van der Waals surface area contributed by atoms with Crippen LogP contribution >= 0.6 is 11.6 Å². The van der Waals surface area contributed by atoms with Gasteiger partial charge in [0.05, 0.1) is 11.6 Å². The van der Waals surface area contributed by atoms with Crippen molar-refractivity contribution in [1.82, 2.24) is 0 Å². The van der Waals surface area contributed by atoms with E-state index in [9.17, 15) is 17.7 Å². The lowest BCUT2D eigenvalue weighted by atomic mass is 9.76. The topological polar surface area (TPSA) is 26.3 Å². The quantitative estimate of drug-likeness (QED) is 0.726. The molecule has 0 aromatic heterocycles. The monoisotopic (exact) mass is 263 g/mol. The van der Waals surface area contributed by atoms with Gasteiger partial charge in [-0.05, 0) is 24.6 Å². The first-order chi connectivity index (χ1) is 7.79. The van der Waals surface area contributed by atoms with Crippen molar-refractivity contribution in [2.24, 2.45) is 0 Å². The van der Waals surface area contributed by atoms with Gasteiger partial charge in [-0.15, -0.1) is 0 Å². The standard InChI is InChI=1S/C10H8BClF3O2/c1-5-2-9-6(3-7(5)12)8(16)4-10(17-9)11(13,14)15/h2-3,10H,4H2,1H3/q-1. The predicted molar refractivity (Wildman–Crippen MR) is 58.6 cm³/mol. The minimum absolute atomic E-state index is 0.0349. The fourth-order valence-electron chi connectivity index (χ4n) is 1.68. The highest BCUT2D eigenvalue weighted by atomic mass is 35.5. The molecule has 1 aromatic carbocycles. The first kappa shape index (κ1) is 12.3. The summed E-state index contributed by atoms with van der Waals surface area (Å²) in [7, 11) is 0. The Balaban J connectivity index is 2.43. The summed E-state index contributed by atoms with van der Waals surface area (Å²) in [5, 5.41) is 0.344. The summed E-state index contributed by atoms with van der Waals surface area (Å²) in [6.45, 7) is -3.55. The summed E-state index contributed by atoms with van der Waals surface area (Å²) in [6, 6.07) is 0.716. The van der Waals surface area contributed by atoms with E-state index in [4.69, 9.17) is 16.3 Å². The fraction of sp³-hybridized carbons (Fsp3) is 0.300. The molecule has 7 heteroatoms. The number of aryl methyl sites for hydroxylation is 1. The third-order valence-electron chi connectivity index (χ3n) is 2.65. The second kappa shape index (κ2) is 3.94.